The van der Waals surface area contributed by atoms with Gasteiger partial charge in [0.15, 0.2) is 0 Å². The minimum Gasteiger partial charge on any atom is -0.379 e. The summed E-state index contributed by atoms with van der Waals surface area (Å²) in [6.45, 7) is 6.48. The molecule has 0 aromatic heterocycles. The zero-order valence-corrected chi connectivity index (χ0v) is 24.2. The van der Waals surface area contributed by atoms with Crippen LogP contribution in [0.1, 0.15) is 78.6 Å². The molecule has 0 aromatic carbocycles. The van der Waals surface area contributed by atoms with Crippen molar-refractivity contribution in [3.63, 3.8) is 0 Å². The monoisotopic (exact) mass is 546 g/mol. The van der Waals surface area contributed by atoms with Gasteiger partial charge in [0.2, 0.25) is 17.7 Å². The predicted molar refractivity (Wildman–Crippen MR) is 146 cm³/mol. The van der Waals surface area contributed by atoms with E-state index < -0.39 is 6.04 Å². The number of carbonyl (C=O) groups is 5. The fourth-order valence-corrected chi connectivity index (χ4v) is 6.53. The van der Waals surface area contributed by atoms with E-state index in [4.69, 9.17) is 4.74 Å². The highest BCUT2D eigenvalue weighted by atomic mass is 16.5. The van der Waals surface area contributed by atoms with Crippen LogP contribution in [0.15, 0.2) is 12.2 Å². The highest BCUT2D eigenvalue weighted by Gasteiger charge is 2.51. The van der Waals surface area contributed by atoms with E-state index in [1.54, 1.807) is 24.0 Å². The molecule has 1 aliphatic carbocycles. The van der Waals surface area contributed by atoms with Crippen LogP contribution >= 0.6 is 0 Å². The summed E-state index contributed by atoms with van der Waals surface area (Å²) in [5.41, 5.74) is 0. The summed E-state index contributed by atoms with van der Waals surface area (Å²) in [5, 5.41) is 2.84. The molecule has 2 aliphatic heterocycles. The zero-order chi connectivity index (χ0) is 28.7. The van der Waals surface area contributed by atoms with Gasteiger partial charge in [-0.15, -0.1) is 0 Å². The molecule has 1 N–H and O–H groups in total. The molecule has 0 spiro atoms. The third kappa shape index (κ3) is 7.07. The SMILES string of the molecule is CCC(C)C(C(CC)OC)N(C)C(=O)CNC(=O)C1C2CCC(C2)N1C(=O)CCCCCN1C(=O)C=CC1=O. The highest BCUT2D eigenvalue weighted by Crippen LogP contribution is 2.43. The normalized spacial score (nSPS) is 24.3. The van der Waals surface area contributed by atoms with E-state index in [0.717, 1.165) is 32.1 Å². The number of piperidine rings is 1. The average Bonchev–Trinajstić information content (AvgIpc) is 3.64. The maximum absolute atomic E-state index is 13.3. The van der Waals surface area contributed by atoms with Gasteiger partial charge in [0, 0.05) is 45.3 Å². The summed E-state index contributed by atoms with van der Waals surface area (Å²) < 4.78 is 5.66. The molecule has 39 heavy (non-hydrogen) atoms. The van der Waals surface area contributed by atoms with Crippen LogP contribution in [0.2, 0.25) is 0 Å². The fraction of sp³-hybridized carbons (Fsp3) is 0.759. The van der Waals surface area contributed by atoms with Crippen molar-refractivity contribution in [1.82, 2.24) is 20.0 Å². The third-order valence-electron chi connectivity index (χ3n) is 8.88. The molecule has 1 saturated heterocycles. The summed E-state index contributed by atoms with van der Waals surface area (Å²) in [6, 6.07) is -0.551. The van der Waals surface area contributed by atoms with Crippen LogP contribution in [0.4, 0.5) is 0 Å². The fourth-order valence-electron chi connectivity index (χ4n) is 6.53. The first-order valence-electron chi connectivity index (χ1n) is 14.5. The second kappa shape index (κ2) is 14.1. The first kappa shape index (κ1) is 30.8. The first-order valence-corrected chi connectivity index (χ1v) is 14.5. The van der Waals surface area contributed by atoms with Crippen molar-refractivity contribution >= 4 is 29.5 Å². The lowest BCUT2D eigenvalue weighted by Gasteiger charge is -2.38. The van der Waals surface area contributed by atoms with E-state index in [-0.39, 0.29) is 66.1 Å². The second-order valence-corrected chi connectivity index (χ2v) is 11.2. The Kier molecular flexibility index (Phi) is 11.1. The number of methoxy groups -OCH3 is 1. The van der Waals surface area contributed by atoms with Crippen LogP contribution in [0.25, 0.3) is 0 Å². The number of hydrogen-bond donors (Lipinski definition) is 1. The molecule has 0 radical (unpaired) electrons. The Bertz CT molecular complexity index is 930. The van der Waals surface area contributed by atoms with E-state index in [9.17, 15) is 24.0 Å². The van der Waals surface area contributed by atoms with Gasteiger partial charge >= 0.3 is 0 Å². The number of amides is 5. The molecule has 2 bridgehead atoms. The lowest BCUT2D eigenvalue weighted by Crippen LogP contribution is -2.55. The number of unbranched alkanes of at least 4 members (excludes halogenated alkanes) is 2. The van der Waals surface area contributed by atoms with E-state index in [1.165, 1.54) is 17.1 Å². The van der Waals surface area contributed by atoms with Gasteiger partial charge in [0.25, 0.3) is 11.8 Å². The molecule has 3 aliphatic rings. The summed E-state index contributed by atoms with van der Waals surface area (Å²) in [5.74, 6) is -0.680. The van der Waals surface area contributed by atoms with Gasteiger partial charge in [-0.05, 0) is 50.4 Å². The molecule has 2 fully saturated rings. The number of imide groups is 1. The smallest absolute Gasteiger partial charge is 0.253 e. The van der Waals surface area contributed by atoms with Crippen LogP contribution in [0.3, 0.4) is 0 Å². The van der Waals surface area contributed by atoms with Crippen molar-refractivity contribution in [3.05, 3.63) is 12.2 Å². The van der Waals surface area contributed by atoms with Crippen molar-refractivity contribution in [2.24, 2.45) is 11.8 Å². The Balaban J connectivity index is 1.51. The summed E-state index contributed by atoms with van der Waals surface area (Å²) in [6.07, 6.45) is 9.08. The van der Waals surface area contributed by atoms with Crippen molar-refractivity contribution in [2.45, 2.75) is 103 Å². The van der Waals surface area contributed by atoms with E-state index in [0.29, 0.717) is 32.2 Å². The van der Waals surface area contributed by atoms with Crippen molar-refractivity contribution < 1.29 is 28.7 Å². The second-order valence-electron chi connectivity index (χ2n) is 11.2. The highest BCUT2D eigenvalue weighted by molar-refractivity contribution is 6.12. The summed E-state index contributed by atoms with van der Waals surface area (Å²) >= 11 is 0. The molecular weight excluding hydrogens is 500 g/mol. The van der Waals surface area contributed by atoms with Crippen LogP contribution < -0.4 is 5.32 Å². The molecule has 0 aromatic rings. The van der Waals surface area contributed by atoms with Crippen molar-refractivity contribution in [1.29, 1.82) is 0 Å². The van der Waals surface area contributed by atoms with E-state index in [1.807, 2.05) is 6.92 Å². The average molecular weight is 547 g/mol. The Morgan fingerprint density at radius 2 is 1.77 bits per heavy atom. The number of fused-ring (bicyclic) bond motifs is 2. The molecule has 2 heterocycles. The lowest BCUT2D eigenvalue weighted by atomic mass is 9.91. The maximum atomic E-state index is 13.3. The van der Waals surface area contributed by atoms with E-state index in [2.05, 4.69) is 19.2 Å². The molecule has 218 valence electrons. The molecule has 10 heteroatoms. The number of carbonyl (C=O) groups excluding carboxylic acids is 5. The van der Waals surface area contributed by atoms with Gasteiger partial charge < -0.3 is 19.9 Å². The largest absolute Gasteiger partial charge is 0.379 e. The third-order valence-corrected chi connectivity index (χ3v) is 8.88. The van der Waals surface area contributed by atoms with Crippen LogP contribution in [0.5, 0.6) is 0 Å². The van der Waals surface area contributed by atoms with Gasteiger partial charge in [-0.3, -0.25) is 28.9 Å². The van der Waals surface area contributed by atoms with Crippen LogP contribution in [-0.4, -0.2) is 95.7 Å². The van der Waals surface area contributed by atoms with Crippen molar-refractivity contribution in [2.75, 3.05) is 27.2 Å². The van der Waals surface area contributed by atoms with Gasteiger partial charge in [0.1, 0.15) is 6.04 Å². The molecule has 3 rings (SSSR count). The molecule has 5 amide bonds. The molecule has 6 atom stereocenters. The Morgan fingerprint density at radius 3 is 2.38 bits per heavy atom. The van der Waals surface area contributed by atoms with Gasteiger partial charge in [-0.25, -0.2) is 0 Å². The number of ether oxygens (including phenoxy) is 1. The summed E-state index contributed by atoms with van der Waals surface area (Å²) in [4.78, 5) is 67.6. The predicted octanol–water partition coefficient (Wildman–Crippen LogP) is 2.27. The molecule has 1 saturated carbocycles. The number of likely N-dealkylation sites (N-methyl/N-ethyl adjacent to an activating group) is 1. The number of rotatable bonds is 15. The quantitative estimate of drug-likeness (QED) is 0.249. The van der Waals surface area contributed by atoms with Gasteiger partial charge in [0.05, 0.1) is 18.7 Å². The minimum absolute atomic E-state index is 0.0384. The van der Waals surface area contributed by atoms with Crippen LogP contribution in [-0.2, 0) is 28.7 Å². The van der Waals surface area contributed by atoms with Crippen LogP contribution in [0, 0.1) is 11.8 Å². The number of nitrogens with zero attached hydrogens (tertiary/aromatic N) is 3. The Hall–Kier alpha value is -2.75. The van der Waals surface area contributed by atoms with E-state index >= 15 is 0 Å². The van der Waals surface area contributed by atoms with Crippen molar-refractivity contribution in [3.8, 4) is 0 Å². The number of nitrogens with one attached hydrogen (secondary N) is 1. The molecule has 10 nitrogen and oxygen atoms in total. The minimum atomic E-state index is -0.534. The number of hydrogen-bond acceptors (Lipinski definition) is 6. The van der Waals surface area contributed by atoms with Gasteiger partial charge in [-0.1, -0.05) is 33.6 Å². The van der Waals surface area contributed by atoms with Gasteiger partial charge in [-0.2, -0.15) is 0 Å². The molecule has 6 unspecified atom stereocenters. The lowest BCUT2D eigenvalue weighted by molar-refractivity contribution is -0.144. The molecular formula is C29H46N4O6. The Morgan fingerprint density at radius 1 is 1.08 bits per heavy atom. The topological polar surface area (TPSA) is 116 Å². The standard InChI is InChI=1S/C29H46N4O6/c1-6-19(3)27(22(7-2)39-5)31(4)26(37)18-30-29(38)28-20-12-13-21(17-20)33(28)25(36)11-9-8-10-16-32-23(34)14-15-24(32)35/h14-15,19-22,27-28H,6-13,16-18H2,1-5H3,(H,30,38). The maximum Gasteiger partial charge on any atom is 0.253 e. The Labute approximate surface area is 232 Å². The number of likely N-dealkylation sites (tertiary alicyclic amines) is 1. The zero-order valence-electron chi connectivity index (χ0n) is 24.2. The summed E-state index contributed by atoms with van der Waals surface area (Å²) in [7, 11) is 3.43. The first-order chi connectivity index (χ1) is 18.6.